The molecule has 36 heavy (non-hydrogen) atoms. The molecule has 1 aliphatic heterocycles. The number of alkyl halides is 3. The number of amides is 1. The highest BCUT2D eigenvalue weighted by molar-refractivity contribution is 7.91. The van der Waals surface area contributed by atoms with Crippen LogP contribution in [0.4, 0.5) is 13.2 Å². The van der Waals surface area contributed by atoms with E-state index in [1.54, 1.807) is 36.6 Å². The van der Waals surface area contributed by atoms with E-state index in [0.29, 0.717) is 29.7 Å². The summed E-state index contributed by atoms with van der Waals surface area (Å²) in [7, 11) is -3.08. The lowest BCUT2D eigenvalue weighted by Crippen LogP contribution is -2.51. The number of imidazole rings is 1. The number of halogens is 3. The molecular formula is C23H25F3N4O5S. The van der Waals surface area contributed by atoms with Gasteiger partial charge in [-0.1, -0.05) is 0 Å². The summed E-state index contributed by atoms with van der Waals surface area (Å²) in [6.45, 7) is 3.67. The fraction of sp³-hybridized carbons (Fsp3) is 0.435. The first-order valence-electron chi connectivity index (χ1n) is 11.1. The lowest BCUT2D eigenvalue weighted by atomic mass is 9.94. The van der Waals surface area contributed by atoms with Gasteiger partial charge < -0.3 is 14.8 Å². The molecular weight excluding hydrogens is 501 g/mol. The Kier molecular flexibility index (Phi) is 6.62. The van der Waals surface area contributed by atoms with Crippen LogP contribution in [-0.2, 0) is 9.84 Å². The molecule has 0 saturated carbocycles. The van der Waals surface area contributed by atoms with Gasteiger partial charge in [-0.25, -0.2) is 18.4 Å². The van der Waals surface area contributed by atoms with E-state index in [0.717, 1.165) is 0 Å². The first-order chi connectivity index (χ1) is 16.7. The molecule has 0 radical (unpaired) electrons. The second-order valence-electron chi connectivity index (χ2n) is 9.13. The number of sulfone groups is 1. The van der Waals surface area contributed by atoms with Crippen molar-refractivity contribution < 1.29 is 35.9 Å². The molecule has 0 spiro atoms. The molecule has 0 unspecified atom stereocenters. The SMILES string of the molecule is Cc1cnc(Oc2ccc3nc(C(=O)NC4(C)CCS(=O)(=O)CC4)c(C)n3c2)c(OCC(F)(F)F)c1. The second kappa shape index (κ2) is 9.26. The number of aryl methyl sites for hydroxylation is 2. The summed E-state index contributed by atoms with van der Waals surface area (Å²) in [5.41, 5.74) is 1.06. The maximum Gasteiger partial charge on any atom is 0.422 e. The van der Waals surface area contributed by atoms with Gasteiger partial charge in [0.15, 0.2) is 12.4 Å². The quantitative estimate of drug-likeness (QED) is 0.520. The average Bonchev–Trinajstić information content (AvgIpc) is 3.12. The highest BCUT2D eigenvalue weighted by Gasteiger charge is 2.35. The van der Waals surface area contributed by atoms with Crippen LogP contribution in [0.5, 0.6) is 17.4 Å². The first-order valence-corrected chi connectivity index (χ1v) is 12.9. The largest absolute Gasteiger partial charge is 0.478 e. The van der Waals surface area contributed by atoms with Crippen LogP contribution in [0.1, 0.15) is 41.5 Å². The number of nitrogens with one attached hydrogen (secondary N) is 1. The number of ether oxygens (including phenoxy) is 2. The molecule has 0 atom stereocenters. The zero-order chi connectivity index (χ0) is 26.3. The molecule has 4 heterocycles. The highest BCUT2D eigenvalue weighted by atomic mass is 32.2. The van der Waals surface area contributed by atoms with Gasteiger partial charge in [-0.05, 0) is 57.4 Å². The smallest absolute Gasteiger partial charge is 0.422 e. The number of carbonyl (C=O) groups is 1. The lowest BCUT2D eigenvalue weighted by molar-refractivity contribution is -0.153. The summed E-state index contributed by atoms with van der Waals surface area (Å²) < 4.78 is 73.6. The molecule has 3 aromatic rings. The lowest BCUT2D eigenvalue weighted by Gasteiger charge is -2.34. The molecule has 1 N–H and O–H groups in total. The summed E-state index contributed by atoms with van der Waals surface area (Å²) in [5.74, 6) is -0.457. The maximum atomic E-state index is 13.0. The van der Waals surface area contributed by atoms with Crippen molar-refractivity contribution in [1.29, 1.82) is 0 Å². The van der Waals surface area contributed by atoms with Gasteiger partial charge in [0.25, 0.3) is 11.8 Å². The molecule has 0 bridgehead atoms. The molecule has 9 nitrogen and oxygen atoms in total. The van der Waals surface area contributed by atoms with E-state index in [1.165, 1.54) is 12.3 Å². The Morgan fingerprint density at radius 2 is 1.92 bits per heavy atom. The second-order valence-corrected chi connectivity index (χ2v) is 11.4. The van der Waals surface area contributed by atoms with Crippen LogP contribution in [0.25, 0.3) is 5.65 Å². The Labute approximate surface area is 205 Å². The molecule has 1 fully saturated rings. The minimum absolute atomic E-state index is 0.0103. The minimum Gasteiger partial charge on any atom is -0.478 e. The van der Waals surface area contributed by atoms with E-state index >= 15 is 0 Å². The van der Waals surface area contributed by atoms with Gasteiger partial charge in [-0.3, -0.25) is 9.20 Å². The predicted octanol–water partition coefficient (Wildman–Crippen LogP) is 3.78. The predicted molar refractivity (Wildman–Crippen MR) is 124 cm³/mol. The van der Waals surface area contributed by atoms with Gasteiger partial charge in [-0.2, -0.15) is 13.2 Å². The molecule has 3 aromatic heterocycles. The van der Waals surface area contributed by atoms with Crippen molar-refractivity contribution in [1.82, 2.24) is 19.7 Å². The van der Waals surface area contributed by atoms with Crippen molar-refractivity contribution in [3.8, 4) is 17.4 Å². The van der Waals surface area contributed by atoms with Crippen LogP contribution in [0.3, 0.4) is 0 Å². The number of carbonyl (C=O) groups excluding carboxylic acids is 1. The van der Waals surface area contributed by atoms with Crippen LogP contribution < -0.4 is 14.8 Å². The van der Waals surface area contributed by atoms with Crippen LogP contribution in [0.15, 0.2) is 30.6 Å². The minimum atomic E-state index is -4.52. The summed E-state index contributed by atoms with van der Waals surface area (Å²) >= 11 is 0. The zero-order valence-corrected chi connectivity index (χ0v) is 20.7. The van der Waals surface area contributed by atoms with E-state index in [2.05, 4.69) is 15.3 Å². The van der Waals surface area contributed by atoms with Gasteiger partial charge in [0.1, 0.15) is 26.9 Å². The number of rotatable bonds is 6. The third kappa shape index (κ3) is 5.89. The van der Waals surface area contributed by atoms with Crippen LogP contribution in [0.2, 0.25) is 0 Å². The fourth-order valence-corrected chi connectivity index (χ4v) is 5.57. The van der Waals surface area contributed by atoms with Crippen LogP contribution in [-0.4, -0.2) is 58.5 Å². The van der Waals surface area contributed by atoms with Gasteiger partial charge in [0, 0.05) is 11.7 Å². The summed E-state index contributed by atoms with van der Waals surface area (Å²) in [6.07, 6.45) is -0.913. The van der Waals surface area contributed by atoms with Crippen molar-refractivity contribution in [3.63, 3.8) is 0 Å². The van der Waals surface area contributed by atoms with E-state index in [9.17, 15) is 26.4 Å². The third-order valence-electron chi connectivity index (χ3n) is 5.95. The van der Waals surface area contributed by atoms with Crippen molar-refractivity contribution in [3.05, 3.63) is 47.5 Å². The summed E-state index contributed by atoms with van der Waals surface area (Å²) in [6, 6.07) is 4.54. The summed E-state index contributed by atoms with van der Waals surface area (Å²) in [5, 5.41) is 2.92. The van der Waals surface area contributed by atoms with Gasteiger partial charge >= 0.3 is 6.18 Å². The number of aromatic nitrogens is 3. The first kappa shape index (κ1) is 25.7. The van der Waals surface area contributed by atoms with Crippen molar-refractivity contribution in [2.45, 2.75) is 45.3 Å². The van der Waals surface area contributed by atoms with Crippen LogP contribution >= 0.6 is 0 Å². The summed E-state index contributed by atoms with van der Waals surface area (Å²) in [4.78, 5) is 21.4. The third-order valence-corrected chi connectivity index (χ3v) is 7.60. The van der Waals surface area contributed by atoms with Crippen molar-refractivity contribution in [2.24, 2.45) is 0 Å². The molecule has 4 rings (SSSR count). The van der Waals surface area contributed by atoms with Gasteiger partial charge in [0.2, 0.25) is 0 Å². The Hall–Kier alpha value is -3.35. The number of fused-ring (bicyclic) bond motifs is 1. The molecule has 0 aliphatic carbocycles. The van der Waals surface area contributed by atoms with Gasteiger partial charge in [-0.15, -0.1) is 0 Å². The molecule has 1 amide bonds. The normalized spacial score (nSPS) is 17.1. The van der Waals surface area contributed by atoms with E-state index in [-0.39, 0.29) is 34.6 Å². The Morgan fingerprint density at radius 3 is 2.58 bits per heavy atom. The van der Waals surface area contributed by atoms with Gasteiger partial charge in [0.05, 0.1) is 23.4 Å². The molecule has 13 heteroatoms. The molecule has 1 saturated heterocycles. The Bertz CT molecular complexity index is 1410. The molecule has 194 valence electrons. The number of hydrogen-bond donors (Lipinski definition) is 1. The van der Waals surface area contributed by atoms with Crippen LogP contribution in [0, 0.1) is 13.8 Å². The highest BCUT2D eigenvalue weighted by Crippen LogP contribution is 2.32. The molecule has 0 aromatic carbocycles. The topological polar surface area (TPSA) is 112 Å². The van der Waals surface area contributed by atoms with E-state index in [4.69, 9.17) is 9.47 Å². The molecule has 1 aliphatic rings. The van der Waals surface area contributed by atoms with E-state index < -0.39 is 34.1 Å². The number of pyridine rings is 2. The monoisotopic (exact) mass is 526 g/mol. The van der Waals surface area contributed by atoms with E-state index in [1.807, 2.05) is 6.92 Å². The van der Waals surface area contributed by atoms with Crippen molar-refractivity contribution >= 4 is 21.4 Å². The zero-order valence-electron chi connectivity index (χ0n) is 19.8. The average molecular weight is 527 g/mol. The fourth-order valence-electron chi connectivity index (χ4n) is 3.85. The number of nitrogens with zero attached hydrogens (tertiary/aromatic N) is 3. The number of hydrogen-bond acceptors (Lipinski definition) is 7. The van der Waals surface area contributed by atoms with Crippen molar-refractivity contribution in [2.75, 3.05) is 18.1 Å². The Balaban J connectivity index is 1.55. The standard InChI is InChI=1S/C23H25F3N4O5S/c1-14-10-17(34-13-23(24,25)26)21(27-11-14)35-16-4-5-18-28-19(15(2)30(18)12-16)20(31)29-22(3)6-8-36(32,33)9-7-22/h4-5,10-12H,6-9,13H2,1-3H3,(H,29,31). The maximum absolute atomic E-state index is 13.0. The Morgan fingerprint density at radius 1 is 1.22 bits per heavy atom.